The molecule has 0 amide bonds. The molecule has 0 saturated carbocycles. The van der Waals surface area contributed by atoms with Crippen molar-refractivity contribution < 1.29 is 0 Å². The number of hydrogen-bond acceptors (Lipinski definition) is 2. The van der Waals surface area contributed by atoms with Gasteiger partial charge in [0.1, 0.15) is 0 Å². The summed E-state index contributed by atoms with van der Waals surface area (Å²) in [6, 6.07) is 8.78. The molecule has 0 aromatic heterocycles. The van der Waals surface area contributed by atoms with Gasteiger partial charge >= 0.3 is 0 Å². The fraction of sp³-hybridized carbons (Fsp3) is 0.455. The molecule has 1 aromatic rings. The lowest BCUT2D eigenvalue weighted by Crippen LogP contribution is -2.16. The van der Waals surface area contributed by atoms with Crippen LogP contribution in [0.1, 0.15) is 12.5 Å². The molecule has 1 aromatic carbocycles. The second-order valence-corrected chi connectivity index (χ2v) is 4.06. The second-order valence-electron chi connectivity index (χ2n) is 3.18. The van der Waals surface area contributed by atoms with E-state index >= 15 is 0 Å². The molecule has 0 aliphatic rings. The third-order valence-corrected chi connectivity index (χ3v) is 2.89. The van der Waals surface area contributed by atoms with Crippen molar-refractivity contribution in [2.45, 2.75) is 18.4 Å². The molecule has 0 atom stereocenters. The molecule has 72 valence electrons. The van der Waals surface area contributed by atoms with Gasteiger partial charge < -0.3 is 4.90 Å². The standard InChI is InChI=1S/C11H17NS/c1-4-12(2)9-10-5-7-11(13-3)8-6-10/h5-8H,4,9H2,1-3H3. The Morgan fingerprint density at radius 2 is 1.85 bits per heavy atom. The predicted molar refractivity (Wildman–Crippen MR) is 60.2 cm³/mol. The average Bonchev–Trinajstić information content (AvgIpc) is 2.19. The first-order chi connectivity index (χ1) is 6.26. The molecule has 1 rings (SSSR count). The van der Waals surface area contributed by atoms with Crippen molar-refractivity contribution in [3.8, 4) is 0 Å². The van der Waals surface area contributed by atoms with Gasteiger partial charge in [-0.2, -0.15) is 0 Å². The Bertz CT molecular complexity index is 243. The summed E-state index contributed by atoms with van der Waals surface area (Å²) in [6.07, 6.45) is 2.10. The minimum Gasteiger partial charge on any atom is -0.302 e. The normalized spacial score (nSPS) is 10.8. The van der Waals surface area contributed by atoms with Crippen molar-refractivity contribution in [1.82, 2.24) is 4.90 Å². The third-order valence-electron chi connectivity index (χ3n) is 2.15. The summed E-state index contributed by atoms with van der Waals surface area (Å²) in [6.45, 7) is 4.33. The molecule has 0 aliphatic carbocycles. The lowest BCUT2D eigenvalue weighted by molar-refractivity contribution is 0.345. The summed E-state index contributed by atoms with van der Waals surface area (Å²) in [5, 5.41) is 0. The molecule has 0 unspecified atom stereocenters. The van der Waals surface area contributed by atoms with Gasteiger partial charge in [0.2, 0.25) is 0 Å². The number of benzene rings is 1. The van der Waals surface area contributed by atoms with Gasteiger partial charge in [0.05, 0.1) is 0 Å². The maximum atomic E-state index is 2.30. The predicted octanol–water partition coefficient (Wildman–Crippen LogP) is 2.86. The summed E-state index contributed by atoms with van der Waals surface area (Å²) in [5.74, 6) is 0. The molecule has 0 spiro atoms. The van der Waals surface area contributed by atoms with Gasteiger partial charge in [0.15, 0.2) is 0 Å². The zero-order chi connectivity index (χ0) is 9.68. The first-order valence-corrected chi connectivity index (χ1v) is 5.80. The summed E-state index contributed by atoms with van der Waals surface area (Å²) in [5.41, 5.74) is 1.39. The summed E-state index contributed by atoms with van der Waals surface area (Å²) >= 11 is 1.79. The van der Waals surface area contributed by atoms with E-state index in [1.54, 1.807) is 11.8 Å². The first-order valence-electron chi connectivity index (χ1n) is 4.57. The first kappa shape index (κ1) is 10.6. The smallest absolute Gasteiger partial charge is 0.0230 e. The average molecular weight is 195 g/mol. The van der Waals surface area contributed by atoms with E-state index in [-0.39, 0.29) is 0 Å². The molecule has 0 bridgehead atoms. The highest BCUT2D eigenvalue weighted by Gasteiger charge is 1.97. The Hall–Kier alpha value is -0.470. The maximum absolute atomic E-state index is 2.30. The number of thioether (sulfide) groups is 1. The Morgan fingerprint density at radius 1 is 1.23 bits per heavy atom. The molecule has 0 aliphatic heterocycles. The van der Waals surface area contributed by atoms with Crippen LogP contribution in [0.15, 0.2) is 29.2 Å². The van der Waals surface area contributed by atoms with Crippen LogP contribution in [-0.2, 0) is 6.54 Å². The monoisotopic (exact) mass is 195 g/mol. The zero-order valence-corrected chi connectivity index (χ0v) is 9.40. The Kier molecular flexibility index (Phi) is 4.33. The fourth-order valence-electron chi connectivity index (χ4n) is 1.15. The molecule has 0 N–H and O–H groups in total. The highest BCUT2D eigenvalue weighted by Crippen LogP contribution is 2.15. The Morgan fingerprint density at radius 3 is 2.31 bits per heavy atom. The largest absolute Gasteiger partial charge is 0.302 e. The molecule has 2 heteroatoms. The topological polar surface area (TPSA) is 3.24 Å². The van der Waals surface area contributed by atoms with E-state index in [1.807, 2.05) is 0 Å². The van der Waals surface area contributed by atoms with Gasteiger partial charge in [-0.25, -0.2) is 0 Å². The maximum Gasteiger partial charge on any atom is 0.0230 e. The van der Waals surface area contributed by atoms with Gasteiger partial charge in [-0.15, -0.1) is 11.8 Å². The Labute approximate surface area is 85.1 Å². The fourth-order valence-corrected chi connectivity index (χ4v) is 1.56. The van der Waals surface area contributed by atoms with Crippen LogP contribution in [0.3, 0.4) is 0 Å². The van der Waals surface area contributed by atoms with Crippen molar-refractivity contribution in [3.05, 3.63) is 29.8 Å². The van der Waals surface area contributed by atoms with Gasteiger partial charge in [0, 0.05) is 11.4 Å². The molecule has 0 radical (unpaired) electrons. The minimum absolute atomic E-state index is 1.05. The van der Waals surface area contributed by atoms with Crippen LogP contribution >= 0.6 is 11.8 Å². The van der Waals surface area contributed by atoms with Gasteiger partial charge in [-0.3, -0.25) is 0 Å². The van der Waals surface area contributed by atoms with Crippen molar-refractivity contribution in [2.75, 3.05) is 19.8 Å². The van der Waals surface area contributed by atoms with Gasteiger partial charge in [-0.05, 0) is 37.5 Å². The number of nitrogens with zero attached hydrogens (tertiary/aromatic N) is 1. The van der Waals surface area contributed by atoms with Crippen LogP contribution < -0.4 is 0 Å². The summed E-state index contributed by atoms with van der Waals surface area (Å²) in [7, 11) is 2.14. The molecule has 0 saturated heterocycles. The molecular weight excluding hydrogens is 178 g/mol. The van der Waals surface area contributed by atoms with Crippen LogP contribution in [-0.4, -0.2) is 24.7 Å². The highest BCUT2D eigenvalue weighted by molar-refractivity contribution is 7.98. The highest BCUT2D eigenvalue weighted by atomic mass is 32.2. The van der Waals surface area contributed by atoms with Crippen LogP contribution in [0.2, 0.25) is 0 Å². The van der Waals surface area contributed by atoms with E-state index in [0.717, 1.165) is 13.1 Å². The van der Waals surface area contributed by atoms with E-state index in [1.165, 1.54) is 10.5 Å². The lowest BCUT2D eigenvalue weighted by Gasteiger charge is -2.13. The second kappa shape index (κ2) is 5.30. The van der Waals surface area contributed by atoms with E-state index in [9.17, 15) is 0 Å². The zero-order valence-electron chi connectivity index (χ0n) is 8.58. The third kappa shape index (κ3) is 3.41. The number of rotatable bonds is 4. The summed E-state index contributed by atoms with van der Waals surface area (Å²) in [4.78, 5) is 3.64. The van der Waals surface area contributed by atoms with Crippen molar-refractivity contribution in [1.29, 1.82) is 0 Å². The van der Waals surface area contributed by atoms with Gasteiger partial charge in [-0.1, -0.05) is 19.1 Å². The SMILES string of the molecule is CCN(C)Cc1ccc(SC)cc1. The minimum atomic E-state index is 1.05. The number of hydrogen-bond donors (Lipinski definition) is 0. The van der Waals surface area contributed by atoms with Crippen LogP contribution in [0.5, 0.6) is 0 Å². The molecule has 0 heterocycles. The lowest BCUT2D eigenvalue weighted by atomic mass is 10.2. The van der Waals surface area contributed by atoms with E-state index in [2.05, 4.69) is 49.4 Å². The molecular formula is C11H17NS. The summed E-state index contributed by atoms with van der Waals surface area (Å²) < 4.78 is 0. The Balaban J connectivity index is 2.58. The molecule has 1 nitrogen and oxygen atoms in total. The van der Waals surface area contributed by atoms with E-state index in [0.29, 0.717) is 0 Å². The molecule has 0 fully saturated rings. The van der Waals surface area contributed by atoms with Crippen LogP contribution in [0, 0.1) is 0 Å². The van der Waals surface area contributed by atoms with Crippen LogP contribution in [0.25, 0.3) is 0 Å². The van der Waals surface area contributed by atoms with Gasteiger partial charge in [0.25, 0.3) is 0 Å². The van der Waals surface area contributed by atoms with E-state index in [4.69, 9.17) is 0 Å². The van der Waals surface area contributed by atoms with E-state index < -0.39 is 0 Å². The van der Waals surface area contributed by atoms with Crippen LogP contribution in [0.4, 0.5) is 0 Å². The van der Waals surface area contributed by atoms with Crippen molar-refractivity contribution in [2.24, 2.45) is 0 Å². The quantitative estimate of drug-likeness (QED) is 0.680. The van der Waals surface area contributed by atoms with Crippen molar-refractivity contribution >= 4 is 11.8 Å². The molecule has 13 heavy (non-hydrogen) atoms. The van der Waals surface area contributed by atoms with Crippen molar-refractivity contribution in [3.63, 3.8) is 0 Å².